The fourth-order valence-corrected chi connectivity index (χ4v) is 1.96. The SMILES string of the molecule is CCC(C)(CN)C(=O)N(C)Cc1ccccc1C. The van der Waals surface area contributed by atoms with Crippen LogP contribution in [0.1, 0.15) is 31.4 Å². The fraction of sp³-hybridized carbons (Fsp3) is 0.533. The van der Waals surface area contributed by atoms with Crippen molar-refractivity contribution < 1.29 is 4.79 Å². The minimum absolute atomic E-state index is 0.121. The molecule has 1 aromatic rings. The number of carbonyl (C=O) groups is 1. The van der Waals surface area contributed by atoms with Gasteiger partial charge in [-0.05, 0) is 31.4 Å². The van der Waals surface area contributed by atoms with E-state index in [-0.39, 0.29) is 5.91 Å². The average Bonchev–Trinajstić information content (AvgIpc) is 2.39. The van der Waals surface area contributed by atoms with E-state index < -0.39 is 5.41 Å². The predicted molar refractivity (Wildman–Crippen MR) is 75.1 cm³/mol. The van der Waals surface area contributed by atoms with Crippen molar-refractivity contribution in [3.63, 3.8) is 0 Å². The Labute approximate surface area is 110 Å². The highest BCUT2D eigenvalue weighted by atomic mass is 16.2. The number of rotatable bonds is 5. The minimum Gasteiger partial charge on any atom is -0.341 e. The topological polar surface area (TPSA) is 46.3 Å². The van der Waals surface area contributed by atoms with Gasteiger partial charge in [0.2, 0.25) is 5.91 Å². The van der Waals surface area contributed by atoms with E-state index in [0.717, 1.165) is 6.42 Å². The van der Waals surface area contributed by atoms with Crippen LogP contribution in [0.3, 0.4) is 0 Å². The van der Waals surface area contributed by atoms with Gasteiger partial charge in [-0.25, -0.2) is 0 Å². The molecule has 3 heteroatoms. The van der Waals surface area contributed by atoms with Crippen LogP contribution >= 0.6 is 0 Å². The third-order valence-electron chi connectivity index (χ3n) is 3.76. The molecule has 0 heterocycles. The maximum Gasteiger partial charge on any atom is 0.229 e. The van der Waals surface area contributed by atoms with Crippen LogP contribution < -0.4 is 5.73 Å². The summed E-state index contributed by atoms with van der Waals surface area (Å²) >= 11 is 0. The Morgan fingerprint density at radius 1 is 1.39 bits per heavy atom. The highest BCUT2D eigenvalue weighted by Crippen LogP contribution is 2.23. The molecule has 1 aromatic carbocycles. The second-order valence-electron chi connectivity index (χ2n) is 5.21. The Hall–Kier alpha value is -1.35. The normalized spacial score (nSPS) is 14.1. The first-order valence-electron chi connectivity index (χ1n) is 6.44. The van der Waals surface area contributed by atoms with Crippen molar-refractivity contribution in [2.45, 2.75) is 33.7 Å². The van der Waals surface area contributed by atoms with E-state index in [0.29, 0.717) is 13.1 Å². The maximum absolute atomic E-state index is 12.4. The molecule has 0 saturated heterocycles. The zero-order chi connectivity index (χ0) is 13.8. The van der Waals surface area contributed by atoms with E-state index in [4.69, 9.17) is 5.73 Å². The van der Waals surface area contributed by atoms with Gasteiger partial charge in [-0.15, -0.1) is 0 Å². The maximum atomic E-state index is 12.4. The summed E-state index contributed by atoms with van der Waals surface area (Å²) in [7, 11) is 1.85. The smallest absolute Gasteiger partial charge is 0.229 e. The Bertz CT molecular complexity index is 411. The number of nitrogens with two attached hydrogens (primary N) is 1. The van der Waals surface area contributed by atoms with Gasteiger partial charge in [0.05, 0.1) is 5.41 Å². The van der Waals surface area contributed by atoms with Gasteiger partial charge in [0, 0.05) is 20.1 Å². The summed E-state index contributed by atoms with van der Waals surface area (Å²) < 4.78 is 0. The molecule has 1 atom stereocenters. The molecule has 0 radical (unpaired) electrons. The van der Waals surface area contributed by atoms with Gasteiger partial charge in [-0.1, -0.05) is 31.2 Å². The molecule has 1 unspecified atom stereocenters. The quantitative estimate of drug-likeness (QED) is 0.869. The monoisotopic (exact) mass is 248 g/mol. The lowest BCUT2D eigenvalue weighted by atomic mass is 9.86. The summed E-state index contributed by atoms with van der Waals surface area (Å²) in [4.78, 5) is 14.2. The van der Waals surface area contributed by atoms with Gasteiger partial charge in [0.15, 0.2) is 0 Å². The summed E-state index contributed by atoms with van der Waals surface area (Å²) in [6.07, 6.45) is 0.764. The van der Waals surface area contributed by atoms with Crippen LogP contribution in [0.4, 0.5) is 0 Å². The molecule has 100 valence electrons. The lowest BCUT2D eigenvalue weighted by Gasteiger charge is -2.31. The van der Waals surface area contributed by atoms with Crippen molar-refractivity contribution in [3.8, 4) is 0 Å². The Kier molecular flexibility index (Phi) is 4.91. The molecule has 3 nitrogen and oxygen atoms in total. The van der Waals surface area contributed by atoms with Crippen molar-refractivity contribution in [2.75, 3.05) is 13.6 Å². The number of hydrogen-bond acceptors (Lipinski definition) is 2. The Morgan fingerprint density at radius 2 is 2.00 bits per heavy atom. The number of aryl methyl sites for hydroxylation is 1. The summed E-state index contributed by atoms with van der Waals surface area (Å²) in [5, 5.41) is 0. The van der Waals surface area contributed by atoms with E-state index in [1.54, 1.807) is 4.90 Å². The van der Waals surface area contributed by atoms with E-state index in [1.165, 1.54) is 11.1 Å². The molecular formula is C15H24N2O. The average molecular weight is 248 g/mol. The molecule has 1 rings (SSSR count). The van der Waals surface area contributed by atoms with Gasteiger partial charge in [0.25, 0.3) is 0 Å². The molecule has 1 amide bonds. The first kappa shape index (κ1) is 14.7. The Morgan fingerprint density at radius 3 is 2.50 bits per heavy atom. The van der Waals surface area contributed by atoms with Gasteiger partial charge in [0.1, 0.15) is 0 Å². The first-order chi connectivity index (χ1) is 8.44. The minimum atomic E-state index is -0.447. The number of amides is 1. The zero-order valence-corrected chi connectivity index (χ0v) is 11.9. The van der Waals surface area contributed by atoms with Crippen molar-refractivity contribution in [2.24, 2.45) is 11.1 Å². The molecule has 0 bridgehead atoms. The van der Waals surface area contributed by atoms with Crippen LogP contribution in [0.2, 0.25) is 0 Å². The second-order valence-corrected chi connectivity index (χ2v) is 5.21. The Balaban J connectivity index is 2.80. The van der Waals surface area contributed by atoms with Crippen molar-refractivity contribution >= 4 is 5.91 Å². The van der Waals surface area contributed by atoms with Crippen molar-refractivity contribution in [3.05, 3.63) is 35.4 Å². The fourth-order valence-electron chi connectivity index (χ4n) is 1.96. The summed E-state index contributed by atoms with van der Waals surface area (Å²) in [5.41, 5.74) is 7.68. The molecule has 0 aliphatic carbocycles. The molecule has 0 fully saturated rings. The molecule has 0 spiro atoms. The van der Waals surface area contributed by atoms with Crippen molar-refractivity contribution in [1.82, 2.24) is 4.90 Å². The van der Waals surface area contributed by atoms with E-state index in [9.17, 15) is 4.79 Å². The molecule has 2 N–H and O–H groups in total. The lowest BCUT2D eigenvalue weighted by molar-refractivity contribution is -0.140. The van der Waals surface area contributed by atoms with Crippen LogP contribution in [-0.2, 0) is 11.3 Å². The van der Waals surface area contributed by atoms with E-state index in [2.05, 4.69) is 19.1 Å². The third kappa shape index (κ3) is 3.10. The number of carbonyl (C=O) groups excluding carboxylic acids is 1. The second kappa shape index (κ2) is 6.01. The number of nitrogens with zero attached hydrogens (tertiary/aromatic N) is 1. The van der Waals surface area contributed by atoms with Crippen LogP contribution in [0, 0.1) is 12.3 Å². The largest absolute Gasteiger partial charge is 0.341 e. The van der Waals surface area contributed by atoms with Gasteiger partial charge in [-0.2, -0.15) is 0 Å². The van der Waals surface area contributed by atoms with Crippen LogP contribution in [0.15, 0.2) is 24.3 Å². The summed E-state index contributed by atoms with van der Waals surface area (Å²) in [6, 6.07) is 8.14. The lowest BCUT2D eigenvalue weighted by Crippen LogP contribution is -2.44. The van der Waals surface area contributed by atoms with Crippen LogP contribution in [0.5, 0.6) is 0 Å². The predicted octanol–water partition coefficient (Wildman–Crippen LogP) is 2.33. The summed E-state index contributed by atoms with van der Waals surface area (Å²) in [6.45, 7) is 7.03. The van der Waals surface area contributed by atoms with Crippen LogP contribution in [0.25, 0.3) is 0 Å². The standard InChI is InChI=1S/C15H24N2O/c1-5-15(3,11-16)14(18)17(4)10-13-9-7-6-8-12(13)2/h6-9H,5,10-11,16H2,1-4H3. The highest BCUT2D eigenvalue weighted by molar-refractivity contribution is 5.82. The molecule has 0 aromatic heterocycles. The van der Waals surface area contributed by atoms with Gasteiger partial charge >= 0.3 is 0 Å². The number of hydrogen-bond donors (Lipinski definition) is 1. The van der Waals surface area contributed by atoms with Crippen LogP contribution in [-0.4, -0.2) is 24.4 Å². The first-order valence-corrected chi connectivity index (χ1v) is 6.44. The summed E-state index contributed by atoms with van der Waals surface area (Å²) in [5.74, 6) is 0.121. The molecule has 0 aliphatic rings. The highest BCUT2D eigenvalue weighted by Gasteiger charge is 2.32. The van der Waals surface area contributed by atoms with E-state index >= 15 is 0 Å². The van der Waals surface area contributed by atoms with E-state index in [1.807, 2.05) is 33.0 Å². The zero-order valence-electron chi connectivity index (χ0n) is 11.9. The third-order valence-corrected chi connectivity index (χ3v) is 3.76. The van der Waals surface area contributed by atoms with Crippen molar-refractivity contribution in [1.29, 1.82) is 0 Å². The molecule has 0 aliphatic heterocycles. The molecular weight excluding hydrogens is 224 g/mol. The van der Waals surface area contributed by atoms with Gasteiger partial charge < -0.3 is 10.6 Å². The number of benzene rings is 1. The van der Waals surface area contributed by atoms with Gasteiger partial charge in [-0.3, -0.25) is 4.79 Å². The molecule has 18 heavy (non-hydrogen) atoms. The molecule has 0 saturated carbocycles.